The summed E-state index contributed by atoms with van der Waals surface area (Å²) < 4.78 is 5.67. The molecule has 5 nitrogen and oxygen atoms in total. The molecule has 174 valence electrons. The summed E-state index contributed by atoms with van der Waals surface area (Å²) in [6.07, 6.45) is 1.51. The van der Waals surface area contributed by atoms with E-state index in [9.17, 15) is 9.59 Å². The summed E-state index contributed by atoms with van der Waals surface area (Å²) in [5, 5.41) is 4.48. The molecular formula is C24H29Cl3N2O3. The summed E-state index contributed by atoms with van der Waals surface area (Å²) in [5.74, 6) is 0.295. The van der Waals surface area contributed by atoms with Gasteiger partial charge in [-0.2, -0.15) is 0 Å². The fourth-order valence-corrected chi connectivity index (χ4v) is 3.63. The van der Waals surface area contributed by atoms with Gasteiger partial charge in [-0.05, 0) is 63.1 Å². The van der Waals surface area contributed by atoms with Gasteiger partial charge in [0.05, 0.1) is 6.61 Å². The minimum Gasteiger partial charge on any atom is -0.494 e. The second-order valence-corrected chi connectivity index (χ2v) is 8.87. The van der Waals surface area contributed by atoms with Crippen LogP contribution in [0, 0.1) is 0 Å². The zero-order valence-electron chi connectivity index (χ0n) is 18.5. The summed E-state index contributed by atoms with van der Waals surface area (Å²) in [5.41, 5.74) is 0.616. The normalized spacial score (nSPS) is 12.7. The number of halogens is 3. The standard InChI is InChI=1S/C24H29Cl3N2O3/c1-4-16(2)28-24(31)17(3)29(15-20-21(26)7-5-8-22(20)27)23(30)9-6-14-32-19-12-10-18(25)11-13-19/h5,7-8,10-13,16-17H,4,6,9,14-15H2,1-3H3,(H,28,31)/t16-,17+/m0/s1. The first-order chi connectivity index (χ1) is 15.2. The van der Waals surface area contributed by atoms with Gasteiger partial charge in [-0.25, -0.2) is 0 Å². The summed E-state index contributed by atoms with van der Waals surface area (Å²) in [4.78, 5) is 27.4. The van der Waals surface area contributed by atoms with Gasteiger partial charge in [-0.1, -0.05) is 47.8 Å². The maximum Gasteiger partial charge on any atom is 0.242 e. The summed E-state index contributed by atoms with van der Waals surface area (Å²) in [6.45, 7) is 6.13. The first-order valence-corrected chi connectivity index (χ1v) is 11.8. The Morgan fingerprint density at radius 3 is 2.25 bits per heavy atom. The highest BCUT2D eigenvalue weighted by molar-refractivity contribution is 6.36. The first kappa shape index (κ1) is 26.3. The Kier molecular flexibility index (Phi) is 10.6. The number of amides is 2. The monoisotopic (exact) mass is 498 g/mol. The van der Waals surface area contributed by atoms with E-state index >= 15 is 0 Å². The molecule has 32 heavy (non-hydrogen) atoms. The van der Waals surface area contributed by atoms with Crippen molar-refractivity contribution in [3.05, 3.63) is 63.1 Å². The van der Waals surface area contributed by atoms with E-state index in [-0.39, 0.29) is 30.8 Å². The Hall–Kier alpha value is -1.95. The van der Waals surface area contributed by atoms with E-state index in [4.69, 9.17) is 39.5 Å². The molecule has 0 radical (unpaired) electrons. The Morgan fingerprint density at radius 1 is 1.03 bits per heavy atom. The molecule has 0 bridgehead atoms. The molecule has 2 amide bonds. The largest absolute Gasteiger partial charge is 0.494 e. The van der Waals surface area contributed by atoms with Gasteiger partial charge >= 0.3 is 0 Å². The SMILES string of the molecule is CC[C@H](C)NC(=O)[C@@H](C)N(Cc1c(Cl)cccc1Cl)C(=O)CCCOc1ccc(Cl)cc1. The second-order valence-electron chi connectivity index (χ2n) is 7.62. The van der Waals surface area contributed by atoms with E-state index < -0.39 is 6.04 Å². The molecule has 0 heterocycles. The van der Waals surface area contributed by atoms with Crippen LogP contribution in [0.2, 0.25) is 15.1 Å². The number of rotatable bonds is 11. The molecular weight excluding hydrogens is 471 g/mol. The lowest BCUT2D eigenvalue weighted by molar-refractivity contribution is -0.141. The van der Waals surface area contributed by atoms with E-state index in [0.717, 1.165) is 6.42 Å². The molecule has 2 atom stereocenters. The molecule has 2 rings (SSSR count). The molecule has 8 heteroatoms. The lowest BCUT2D eigenvalue weighted by Crippen LogP contribution is -2.49. The molecule has 0 aromatic heterocycles. The molecule has 0 spiro atoms. The molecule has 0 saturated heterocycles. The third-order valence-electron chi connectivity index (χ3n) is 5.18. The van der Waals surface area contributed by atoms with Crippen LogP contribution in [0.25, 0.3) is 0 Å². The third-order valence-corrected chi connectivity index (χ3v) is 6.14. The predicted molar refractivity (Wildman–Crippen MR) is 131 cm³/mol. The van der Waals surface area contributed by atoms with Gasteiger partial charge in [0, 0.05) is 39.6 Å². The minimum absolute atomic E-state index is 0.0126. The molecule has 0 aliphatic rings. The van der Waals surface area contributed by atoms with Crippen molar-refractivity contribution in [3.8, 4) is 5.75 Å². The molecule has 0 saturated carbocycles. The molecule has 0 aliphatic carbocycles. The lowest BCUT2D eigenvalue weighted by Gasteiger charge is -2.30. The van der Waals surface area contributed by atoms with Crippen LogP contribution >= 0.6 is 34.8 Å². The lowest BCUT2D eigenvalue weighted by atomic mass is 10.1. The van der Waals surface area contributed by atoms with Crippen LogP contribution in [0.4, 0.5) is 0 Å². The van der Waals surface area contributed by atoms with Gasteiger partial charge in [-0.15, -0.1) is 0 Å². The number of hydrogen-bond acceptors (Lipinski definition) is 3. The van der Waals surface area contributed by atoms with Gasteiger partial charge in [0.25, 0.3) is 0 Å². The highest BCUT2D eigenvalue weighted by Crippen LogP contribution is 2.27. The highest BCUT2D eigenvalue weighted by Gasteiger charge is 2.27. The number of carbonyl (C=O) groups excluding carboxylic acids is 2. The maximum atomic E-state index is 13.1. The van der Waals surface area contributed by atoms with Crippen LogP contribution in [-0.4, -0.2) is 35.4 Å². The van der Waals surface area contributed by atoms with Crippen LogP contribution < -0.4 is 10.1 Å². The molecule has 2 aromatic carbocycles. The Labute approximate surface area is 205 Å². The fraction of sp³-hybridized carbons (Fsp3) is 0.417. The van der Waals surface area contributed by atoms with Crippen molar-refractivity contribution in [1.82, 2.24) is 10.2 Å². The van der Waals surface area contributed by atoms with Crippen LogP contribution in [-0.2, 0) is 16.1 Å². The average molecular weight is 500 g/mol. The van der Waals surface area contributed by atoms with Crippen molar-refractivity contribution < 1.29 is 14.3 Å². The number of ether oxygens (including phenoxy) is 1. The summed E-state index contributed by atoms with van der Waals surface area (Å²) >= 11 is 18.5. The maximum absolute atomic E-state index is 13.1. The molecule has 0 unspecified atom stereocenters. The zero-order valence-corrected chi connectivity index (χ0v) is 20.8. The van der Waals surface area contributed by atoms with E-state index in [1.54, 1.807) is 49.4 Å². The van der Waals surface area contributed by atoms with E-state index in [0.29, 0.717) is 39.4 Å². The first-order valence-electron chi connectivity index (χ1n) is 10.6. The van der Waals surface area contributed by atoms with Crippen molar-refractivity contribution in [3.63, 3.8) is 0 Å². The van der Waals surface area contributed by atoms with Crippen LogP contribution in [0.3, 0.4) is 0 Å². The molecule has 2 aromatic rings. The van der Waals surface area contributed by atoms with Gasteiger partial charge < -0.3 is 15.0 Å². The second kappa shape index (κ2) is 12.9. The van der Waals surface area contributed by atoms with E-state index in [1.165, 1.54) is 4.90 Å². The zero-order chi connectivity index (χ0) is 23.7. The van der Waals surface area contributed by atoms with Gasteiger partial charge in [0.15, 0.2) is 0 Å². The van der Waals surface area contributed by atoms with Crippen LogP contribution in [0.5, 0.6) is 5.75 Å². The Bertz CT molecular complexity index is 886. The van der Waals surface area contributed by atoms with Crippen LogP contribution in [0.1, 0.15) is 45.6 Å². The summed E-state index contributed by atoms with van der Waals surface area (Å²) in [7, 11) is 0. The number of benzene rings is 2. The quantitative estimate of drug-likeness (QED) is 0.378. The van der Waals surface area contributed by atoms with Crippen molar-refractivity contribution in [2.75, 3.05) is 6.61 Å². The van der Waals surface area contributed by atoms with E-state index in [2.05, 4.69) is 5.32 Å². The molecule has 0 aliphatic heterocycles. The Balaban J connectivity index is 2.07. The number of hydrogen-bond donors (Lipinski definition) is 1. The van der Waals surface area contributed by atoms with Crippen molar-refractivity contribution in [2.45, 2.75) is 58.7 Å². The number of nitrogens with zero attached hydrogens (tertiary/aromatic N) is 1. The predicted octanol–water partition coefficient (Wildman–Crippen LogP) is 6.14. The van der Waals surface area contributed by atoms with Gasteiger partial charge in [-0.3, -0.25) is 9.59 Å². The smallest absolute Gasteiger partial charge is 0.242 e. The molecule has 1 N–H and O–H groups in total. The van der Waals surface area contributed by atoms with Crippen molar-refractivity contribution >= 4 is 46.6 Å². The average Bonchev–Trinajstić information content (AvgIpc) is 2.77. The van der Waals surface area contributed by atoms with Gasteiger partial charge in [0.2, 0.25) is 11.8 Å². The van der Waals surface area contributed by atoms with Crippen molar-refractivity contribution in [2.24, 2.45) is 0 Å². The number of carbonyl (C=O) groups is 2. The fourth-order valence-electron chi connectivity index (χ4n) is 2.99. The van der Waals surface area contributed by atoms with Crippen molar-refractivity contribution in [1.29, 1.82) is 0 Å². The topological polar surface area (TPSA) is 58.6 Å². The van der Waals surface area contributed by atoms with Gasteiger partial charge in [0.1, 0.15) is 11.8 Å². The third kappa shape index (κ3) is 7.88. The van der Waals surface area contributed by atoms with E-state index in [1.807, 2.05) is 13.8 Å². The Morgan fingerprint density at radius 2 is 1.66 bits per heavy atom. The minimum atomic E-state index is -0.680. The number of nitrogens with one attached hydrogen (secondary N) is 1. The summed E-state index contributed by atoms with van der Waals surface area (Å²) in [6, 6.07) is 11.6. The molecule has 0 fully saturated rings. The van der Waals surface area contributed by atoms with Crippen LogP contribution in [0.15, 0.2) is 42.5 Å². The highest BCUT2D eigenvalue weighted by atomic mass is 35.5.